The largest absolute Gasteiger partial charge is 0.294 e. The van der Waals surface area contributed by atoms with Crippen LogP contribution in [-0.4, -0.2) is 23.1 Å². The Balaban J connectivity index is 1.11. The van der Waals surface area contributed by atoms with Gasteiger partial charge in [-0.3, -0.25) is 19.2 Å². The van der Waals surface area contributed by atoms with E-state index in [1.165, 1.54) is 5.56 Å². The van der Waals surface area contributed by atoms with Gasteiger partial charge in [0.2, 0.25) is 0 Å². The van der Waals surface area contributed by atoms with Gasteiger partial charge in [-0.25, -0.2) is 0 Å². The van der Waals surface area contributed by atoms with Crippen molar-refractivity contribution in [2.24, 2.45) is 5.92 Å². The second-order valence-electron chi connectivity index (χ2n) is 14.1. The maximum absolute atomic E-state index is 13.8. The van der Waals surface area contributed by atoms with E-state index < -0.39 is 0 Å². The molecule has 4 heteroatoms. The summed E-state index contributed by atoms with van der Waals surface area (Å²) in [5, 5.41) is 0. The predicted molar refractivity (Wildman–Crippen MR) is 215 cm³/mol. The molecule has 0 spiro atoms. The zero-order chi connectivity index (χ0) is 37.4. The standard InChI is InChI=1S/C49H52O4/c1-3-39(32-37-21-9-6-10-22-37)48(52)43-28-16-26-41(34-43)46(50)31-14-12-23-38-24-15-25-40(33-38)45(4-2)49(53)44-29-17-27-42(35-44)47(51)30-13-11-20-36-18-7-5-8-19-36/h5-10,15-19,21-22,24-29,33-35,39,45H,3-4,11-14,20,23,30-32H2,1-2H3. The molecular weight excluding hydrogens is 653 g/mol. The van der Waals surface area contributed by atoms with Gasteiger partial charge in [0.05, 0.1) is 0 Å². The Morgan fingerprint density at radius 3 is 1.51 bits per heavy atom. The number of ketones is 4. The average Bonchev–Trinajstić information content (AvgIpc) is 3.21. The lowest BCUT2D eigenvalue weighted by molar-refractivity contribution is 0.0913. The van der Waals surface area contributed by atoms with Crippen LogP contribution in [-0.2, 0) is 19.3 Å². The van der Waals surface area contributed by atoms with Crippen LogP contribution in [0.5, 0.6) is 0 Å². The Morgan fingerprint density at radius 2 is 0.943 bits per heavy atom. The second kappa shape index (κ2) is 20.1. The SMILES string of the molecule is CCC(Cc1ccccc1)C(=O)c1cccc(C(=O)CCCCc2cccc(C(CC)C(=O)c3cccc(C(=O)CCCCc4ccccc4)c3)c2)c1. The van der Waals surface area contributed by atoms with Crippen molar-refractivity contribution in [3.8, 4) is 0 Å². The van der Waals surface area contributed by atoms with E-state index in [1.54, 1.807) is 18.2 Å². The molecule has 0 N–H and O–H groups in total. The molecule has 0 radical (unpaired) electrons. The van der Waals surface area contributed by atoms with Crippen LogP contribution >= 0.6 is 0 Å². The van der Waals surface area contributed by atoms with Gasteiger partial charge < -0.3 is 0 Å². The Labute approximate surface area is 315 Å². The third-order valence-electron chi connectivity index (χ3n) is 10.3. The summed E-state index contributed by atoms with van der Waals surface area (Å²) >= 11 is 0. The van der Waals surface area contributed by atoms with Gasteiger partial charge in [0.1, 0.15) is 0 Å². The van der Waals surface area contributed by atoms with Crippen LogP contribution in [0, 0.1) is 5.92 Å². The van der Waals surface area contributed by atoms with Crippen molar-refractivity contribution in [2.75, 3.05) is 0 Å². The van der Waals surface area contributed by atoms with Crippen molar-refractivity contribution >= 4 is 23.1 Å². The summed E-state index contributed by atoms with van der Waals surface area (Å²) in [6.45, 7) is 4.06. The van der Waals surface area contributed by atoms with Crippen molar-refractivity contribution in [1.82, 2.24) is 0 Å². The summed E-state index contributed by atoms with van der Waals surface area (Å²) in [5.74, 6) is -0.190. The van der Waals surface area contributed by atoms with Gasteiger partial charge in [-0.15, -0.1) is 0 Å². The van der Waals surface area contributed by atoms with Crippen LogP contribution in [0.15, 0.2) is 133 Å². The number of hydrogen-bond donors (Lipinski definition) is 0. The van der Waals surface area contributed by atoms with Crippen LogP contribution in [0.4, 0.5) is 0 Å². The zero-order valence-corrected chi connectivity index (χ0v) is 31.3. The maximum atomic E-state index is 13.8. The number of aryl methyl sites for hydroxylation is 2. The molecule has 5 rings (SSSR count). The second-order valence-corrected chi connectivity index (χ2v) is 14.1. The number of Topliss-reactive ketones (excluding diaryl/α,β-unsaturated/α-hetero) is 4. The number of carbonyl (C=O) groups excluding carboxylic acids is 4. The lowest BCUT2D eigenvalue weighted by Crippen LogP contribution is -2.17. The van der Waals surface area contributed by atoms with Crippen molar-refractivity contribution in [3.63, 3.8) is 0 Å². The molecular formula is C49H52O4. The molecule has 0 aliphatic carbocycles. The topological polar surface area (TPSA) is 68.3 Å². The lowest BCUT2D eigenvalue weighted by Gasteiger charge is -2.16. The van der Waals surface area contributed by atoms with Crippen molar-refractivity contribution < 1.29 is 19.2 Å². The molecule has 0 heterocycles. The van der Waals surface area contributed by atoms with Crippen LogP contribution in [0.1, 0.15) is 135 Å². The molecule has 0 aliphatic heterocycles. The smallest absolute Gasteiger partial charge is 0.170 e. The van der Waals surface area contributed by atoms with Gasteiger partial charge in [0.25, 0.3) is 0 Å². The molecule has 0 aliphatic rings. The molecule has 0 bridgehead atoms. The first-order chi connectivity index (χ1) is 25.9. The summed E-state index contributed by atoms with van der Waals surface area (Å²) in [4.78, 5) is 53.3. The molecule has 2 unspecified atom stereocenters. The minimum Gasteiger partial charge on any atom is -0.294 e. The van der Waals surface area contributed by atoms with Gasteiger partial charge >= 0.3 is 0 Å². The van der Waals surface area contributed by atoms with Crippen LogP contribution < -0.4 is 0 Å². The molecule has 0 aromatic heterocycles. The van der Waals surface area contributed by atoms with Gasteiger partial charge in [0.15, 0.2) is 23.1 Å². The number of unbranched alkanes of at least 4 members (excludes halogenated alkanes) is 2. The summed E-state index contributed by atoms with van der Waals surface area (Å²) < 4.78 is 0. The molecule has 4 nitrogen and oxygen atoms in total. The van der Waals surface area contributed by atoms with E-state index in [-0.39, 0.29) is 35.0 Å². The van der Waals surface area contributed by atoms with Crippen LogP contribution in [0.3, 0.4) is 0 Å². The van der Waals surface area contributed by atoms with E-state index in [2.05, 4.69) is 24.3 Å². The number of benzene rings is 5. The summed E-state index contributed by atoms with van der Waals surface area (Å²) in [6.07, 6.45) is 8.05. The molecule has 272 valence electrons. The Kier molecular flexibility index (Phi) is 14.8. The fourth-order valence-electron chi connectivity index (χ4n) is 7.15. The van der Waals surface area contributed by atoms with E-state index in [1.807, 2.05) is 105 Å². The molecule has 0 saturated heterocycles. The normalized spacial score (nSPS) is 12.2. The highest BCUT2D eigenvalue weighted by atomic mass is 16.1. The Morgan fingerprint density at radius 1 is 0.453 bits per heavy atom. The highest BCUT2D eigenvalue weighted by Crippen LogP contribution is 2.27. The van der Waals surface area contributed by atoms with Gasteiger partial charge in [-0.2, -0.15) is 0 Å². The van der Waals surface area contributed by atoms with Gasteiger partial charge in [-0.1, -0.05) is 135 Å². The Hall–Kier alpha value is -5.22. The first kappa shape index (κ1) is 39.0. The number of hydrogen-bond acceptors (Lipinski definition) is 4. The Bertz CT molecular complexity index is 1960. The summed E-state index contributed by atoms with van der Waals surface area (Å²) in [5.41, 5.74) is 6.89. The molecule has 53 heavy (non-hydrogen) atoms. The van der Waals surface area contributed by atoms with Crippen LogP contribution in [0.2, 0.25) is 0 Å². The third-order valence-corrected chi connectivity index (χ3v) is 10.3. The molecule has 0 fully saturated rings. The fraction of sp³-hybridized carbons (Fsp3) is 0.306. The highest BCUT2D eigenvalue weighted by Gasteiger charge is 2.22. The maximum Gasteiger partial charge on any atom is 0.170 e. The molecule has 5 aromatic rings. The van der Waals surface area contributed by atoms with Crippen LogP contribution in [0.25, 0.3) is 0 Å². The first-order valence-corrected chi connectivity index (χ1v) is 19.4. The van der Waals surface area contributed by atoms with Crippen molar-refractivity contribution in [3.05, 3.63) is 178 Å². The summed E-state index contributed by atoms with van der Waals surface area (Å²) in [6, 6.07) is 43.0. The number of carbonyl (C=O) groups is 4. The molecule has 0 amide bonds. The van der Waals surface area contributed by atoms with Crippen molar-refractivity contribution in [2.45, 2.75) is 90.4 Å². The molecule has 2 atom stereocenters. The van der Waals surface area contributed by atoms with E-state index in [0.717, 1.165) is 61.6 Å². The number of rotatable bonds is 21. The first-order valence-electron chi connectivity index (χ1n) is 19.4. The fourth-order valence-corrected chi connectivity index (χ4v) is 7.15. The average molecular weight is 705 g/mol. The third kappa shape index (κ3) is 11.4. The van der Waals surface area contributed by atoms with Crippen molar-refractivity contribution in [1.29, 1.82) is 0 Å². The monoisotopic (exact) mass is 704 g/mol. The predicted octanol–water partition coefficient (Wildman–Crippen LogP) is 11.7. The molecule has 0 saturated carbocycles. The lowest BCUT2D eigenvalue weighted by atomic mass is 9.86. The van der Waals surface area contributed by atoms with Gasteiger partial charge in [0, 0.05) is 46.9 Å². The minimum absolute atomic E-state index is 0.0278. The minimum atomic E-state index is -0.303. The quantitative estimate of drug-likeness (QED) is 0.0563. The van der Waals surface area contributed by atoms with E-state index in [9.17, 15) is 19.2 Å². The van der Waals surface area contributed by atoms with E-state index in [4.69, 9.17) is 0 Å². The van der Waals surface area contributed by atoms with E-state index >= 15 is 0 Å². The van der Waals surface area contributed by atoms with Gasteiger partial charge in [-0.05, 0) is 92.2 Å². The molecule has 5 aromatic carbocycles. The zero-order valence-electron chi connectivity index (χ0n) is 31.3. The highest BCUT2D eigenvalue weighted by molar-refractivity contribution is 6.04. The summed E-state index contributed by atoms with van der Waals surface area (Å²) in [7, 11) is 0. The van der Waals surface area contributed by atoms with E-state index in [0.29, 0.717) is 47.9 Å².